The van der Waals surface area contributed by atoms with Gasteiger partial charge in [-0.2, -0.15) is 0 Å². The first-order valence-electron chi connectivity index (χ1n) is 6.65. The summed E-state index contributed by atoms with van der Waals surface area (Å²) in [6.07, 6.45) is 0.134. The van der Waals surface area contributed by atoms with Crippen molar-refractivity contribution in [3.05, 3.63) is 29.3 Å². The lowest BCUT2D eigenvalue weighted by Gasteiger charge is -2.13. The number of rotatable bonds is 6. The number of hydrogen-bond acceptors (Lipinski definition) is 4. The van der Waals surface area contributed by atoms with Crippen LogP contribution in [0.2, 0.25) is 0 Å². The molecule has 0 saturated heterocycles. The molecule has 1 aliphatic rings. The van der Waals surface area contributed by atoms with Crippen LogP contribution in [0.3, 0.4) is 0 Å². The molecule has 6 heteroatoms. The molecule has 0 spiro atoms. The van der Waals surface area contributed by atoms with Gasteiger partial charge >= 0.3 is 6.03 Å². The highest BCUT2D eigenvalue weighted by molar-refractivity contribution is 5.73. The Morgan fingerprint density at radius 2 is 2.35 bits per heavy atom. The molecule has 20 heavy (non-hydrogen) atoms. The molecule has 1 atom stereocenters. The lowest BCUT2D eigenvalue weighted by molar-refractivity contribution is 0.170. The van der Waals surface area contributed by atoms with Crippen LogP contribution < -0.4 is 15.4 Å². The zero-order chi connectivity index (χ0) is 14.4. The molecule has 3 N–H and O–H groups in total. The Bertz CT molecular complexity index is 464. The van der Waals surface area contributed by atoms with Gasteiger partial charge in [0.05, 0.1) is 19.3 Å². The van der Waals surface area contributed by atoms with E-state index in [0.717, 1.165) is 23.3 Å². The second-order valence-electron chi connectivity index (χ2n) is 4.61. The summed E-state index contributed by atoms with van der Waals surface area (Å²) in [4.78, 5) is 11.4. The summed E-state index contributed by atoms with van der Waals surface area (Å²) < 4.78 is 10.2. The van der Waals surface area contributed by atoms with E-state index < -0.39 is 6.10 Å². The van der Waals surface area contributed by atoms with Crippen LogP contribution >= 0.6 is 0 Å². The highest BCUT2D eigenvalue weighted by atomic mass is 16.5. The molecule has 0 aromatic heterocycles. The number of ether oxygens (including phenoxy) is 2. The maximum Gasteiger partial charge on any atom is 0.314 e. The summed E-state index contributed by atoms with van der Waals surface area (Å²) >= 11 is 0. The average molecular weight is 280 g/mol. The quantitative estimate of drug-likeness (QED) is 0.667. The molecule has 1 aliphatic heterocycles. The number of methoxy groups -OCH3 is 1. The Morgan fingerprint density at radius 3 is 3.15 bits per heavy atom. The third-order valence-electron chi connectivity index (χ3n) is 3.15. The highest BCUT2D eigenvalue weighted by Gasteiger charge is 2.15. The average Bonchev–Trinajstić information content (AvgIpc) is 2.92. The standard InChI is InChI=1S/C14H20N2O4/c1-19-7-5-15-14(18)16-9-12(17)10-2-3-13-11(8-10)4-6-20-13/h2-3,8,12,17H,4-7,9H2,1H3,(H2,15,16,18). The maximum absolute atomic E-state index is 11.4. The molecule has 1 aromatic rings. The lowest BCUT2D eigenvalue weighted by atomic mass is 10.0. The molecule has 2 rings (SSSR count). The van der Waals surface area contributed by atoms with Crippen molar-refractivity contribution in [1.82, 2.24) is 10.6 Å². The largest absolute Gasteiger partial charge is 0.493 e. The third-order valence-corrected chi connectivity index (χ3v) is 3.15. The monoisotopic (exact) mass is 280 g/mol. The summed E-state index contributed by atoms with van der Waals surface area (Å²) in [7, 11) is 1.57. The minimum absolute atomic E-state index is 0.165. The zero-order valence-electron chi connectivity index (χ0n) is 11.5. The first-order chi connectivity index (χ1) is 9.70. The molecule has 110 valence electrons. The number of hydrogen-bond donors (Lipinski definition) is 3. The number of fused-ring (bicyclic) bond motifs is 1. The van der Waals surface area contributed by atoms with Gasteiger partial charge in [0.1, 0.15) is 5.75 Å². The summed E-state index contributed by atoms with van der Waals surface area (Å²) in [6.45, 7) is 1.75. The Kier molecular flexibility index (Phi) is 5.20. The van der Waals surface area contributed by atoms with E-state index in [4.69, 9.17) is 9.47 Å². The van der Waals surface area contributed by atoms with Crippen molar-refractivity contribution in [3.63, 3.8) is 0 Å². The number of aliphatic hydroxyl groups excluding tert-OH is 1. The predicted octanol–water partition coefficient (Wildman–Crippen LogP) is 0.600. The molecular formula is C14H20N2O4. The van der Waals surface area contributed by atoms with Crippen LogP contribution in [0.4, 0.5) is 4.79 Å². The molecule has 0 saturated carbocycles. The van der Waals surface area contributed by atoms with Gasteiger partial charge in [0.15, 0.2) is 0 Å². The lowest BCUT2D eigenvalue weighted by Crippen LogP contribution is -2.39. The van der Waals surface area contributed by atoms with E-state index in [1.807, 2.05) is 18.2 Å². The summed E-state index contributed by atoms with van der Waals surface area (Å²) in [5.74, 6) is 0.881. The maximum atomic E-state index is 11.4. The van der Waals surface area contributed by atoms with Crippen molar-refractivity contribution in [1.29, 1.82) is 0 Å². The number of urea groups is 1. The van der Waals surface area contributed by atoms with E-state index >= 15 is 0 Å². The summed E-state index contributed by atoms with van der Waals surface area (Å²) in [5.41, 5.74) is 1.89. The minimum Gasteiger partial charge on any atom is -0.493 e. The van der Waals surface area contributed by atoms with Crippen LogP contribution in [0.5, 0.6) is 5.75 Å². The topological polar surface area (TPSA) is 79.8 Å². The zero-order valence-corrected chi connectivity index (χ0v) is 11.5. The molecule has 1 unspecified atom stereocenters. The van der Waals surface area contributed by atoms with Gasteiger partial charge in [-0.25, -0.2) is 4.79 Å². The molecular weight excluding hydrogens is 260 g/mol. The van der Waals surface area contributed by atoms with Gasteiger partial charge in [0, 0.05) is 26.6 Å². The fraction of sp³-hybridized carbons (Fsp3) is 0.500. The van der Waals surface area contributed by atoms with E-state index in [-0.39, 0.29) is 12.6 Å². The first-order valence-corrected chi connectivity index (χ1v) is 6.65. The Labute approximate surface area is 118 Å². The molecule has 6 nitrogen and oxygen atoms in total. The van der Waals surface area contributed by atoms with Gasteiger partial charge in [-0.15, -0.1) is 0 Å². The van der Waals surface area contributed by atoms with Gasteiger partial charge in [-0.3, -0.25) is 0 Å². The van der Waals surface area contributed by atoms with Crippen molar-refractivity contribution in [2.45, 2.75) is 12.5 Å². The van der Waals surface area contributed by atoms with Crippen LogP contribution in [0.25, 0.3) is 0 Å². The van der Waals surface area contributed by atoms with Gasteiger partial charge in [-0.1, -0.05) is 6.07 Å². The van der Waals surface area contributed by atoms with Crippen LogP contribution in [-0.4, -0.2) is 44.6 Å². The number of benzene rings is 1. The molecule has 0 fully saturated rings. The molecule has 0 bridgehead atoms. The van der Waals surface area contributed by atoms with Crippen LogP contribution in [-0.2, 0) is 11.2 Å². The van der Waals surface area contributed by atoms with Gasteiger partial charge < -0.3 is 25.2 Å². The van der Waals surface area contributed by atoms with Crippen molar-refractivity contribution in [3.8, 4) is 5.75 Å². The fourth-order valence-electron chi connectivity index (χ4n) is 2.05. The first kappa shape index (κ1) is 14.6. The van der Waals surface area contributed by atoms with Crippen LogP contribution in [0.15, 0.2) is 18.2 Å². The molecule has 2 amide bonds. The van der Waals surface area contributed by atoms with Gasteiger partial charge in [0.2, 0.25) is 0 Å². The van der Waals surface area contributed by atoms with Crippen LogP contribution in [0, 0.1) is 0 Å². The van der Waals surface area contributed by atoms with Crippen LogP contribution in [0.1, 0.15) is 17.2 Å². The van der Waals surface area contributed by atoms with E-state index in [9.17, 15) is 9.90 Å². The second kappa shape index (κ2) is 7.12. The van der Waals surface area contributed by atoms with Gasteiger partial charge in [0.25, 0.3) is 0 Å². The minimum atomic E-state index is -0.728. The Hall–Kier alpha value is -1.79. The number of carbonyl (C=O) groups excluding carboxylic acids is 1. The number of amides is 2. The normalized spacial score (nSPS) is 14.3. The number of aliphatic hydroxyl groups is 1. The second-order valence-corrected chi connectivity index (χ2v) is 4.61. The third kappa shape index (κ3) is 3.85. The van der Waals surface area contributed by atoms with E-state index in [0.29, 0.717) is 19.8 Å². The number of nitrogens with one attached hydrogen (secondary N) is 2. The van der Waals surface area contributed by atoms with Crippen molar-refractivity contribution >= 4 is 6.03 Å². The smallest absolute Gasteiger partial charge is 0.314 e. The summed E-state index contributed by atoms with van der Waals surface area (Å²) in [5, 5.41) is 15.3. The summed E-state index contributed by atoms with van der Waals surface area (Å²) in [6, 6.07) is 5.29. The molecule has 1 aromatic carbocycles. The predicted molar refractivity (Wildman–Crippen MR) is 73.9 cm³/mol. The highest BCUT2D eigenvalue weighted by Crippen LogP contribution is 2.27. The Morgan fingerprint density at radius 1 is 1.50 bits per heavy atom. The SMILES string of the molecule is COCCNC(=O)NCC(O)c1ccc2c(c1)CCO2. The van der Waals surface area contributed by atoms with E-state index in [1.165, 1.54) is 0 Å². The van der Waals surface area contributed by atoms with Crippen molar-refractivity contribution < 1.29 is 19.4 Å². The van der Waals surface area contributed by atoms with E-state index in [1.54, 1.807) is 7.11 Å². The number of carbonyl (C=O) groups is 1. The van der Waals surface area contributed by atoms with Gasteiger partial charge in [-0.05, 0) is 23.3 Å². The Balaban J connectivity index is 1.80. The fourth-order valence-corrected chi connectivity index (χ4v) is 2.05. The van der Waals surface area contributed by atoms with E-state index in [2.05, 4.69) is 10.6 Å². The van der Waals surface area contributed by atoms with Crippen molar-refractivity contribution in [2.24, 2.45) is 0 Å². The molecule has 0 aliphatic carbocycles. The molecule has 1 heterocycles. The van der Waals surface area contributed by atoms with Crippen molar-refractivity contribution in [2.75, 3.05) is 33.4 Å². The molecule has 0 radical (unpaired) electrons.